The first-order chi connectivity index (χ1) is 11.9. The molecule has 0 aliphatic carbocycles. The first-order valence-corrected chi connectivity index (χ1v) is 15.1. The molecule has 3 atom stereocenters. The smallest absolute Gasteiger partial charge is 0.870 e. The van der Waals surface area contributed by atoms with E-state index in [-0.39, 0.29) is 96.7 Å². The van der Waals surface area contributed by atoms with Gasteiger partial charge in [-0.1, -0.05) is 0 Å². The van der Waals surface area contributed by atoms with E-state index in [9.17, 15) is 0 Å². The topological polar surface area (TPSA) is 164 Å². The van der Waals surface area contributed by atoms with E-state index in [4.69, 9.17) is 81.8 Å². The number of aliphatic hydroxyl groups excluding tert-OH is 6. The zero-order valence-corrected chi connectivity index (χ0v) is 26.9. The summed E-state index contributed by atoms with van der Waals surface area (Å²) < 4.78 is 4.73. The Hall–Kier alpha value is 4.03. The van der Waals surface area contributed by atoms with Crippen LogP contribution in [0.1, 0.15) is 0 Å². The van der Waals surface area contributed by atoms with Gasteiger partial charge in [-0.2, -0.15) is 0 Å². The van der Waals surface area contributed by atoms with E-state index in [0.717, 1.165) is 6.61 Å². The fraction of sp³-hybridized carbons (Fsp3) is 1.00. The van der Waals surface area contributed by atoms with Crippen molar-refractivity contribution in [1.29, 1.82) is 0 Å². The Morgan fingerprint density at radius 2 is 1.21 bits per heavy atom. The number of halogens is 7. The normalized spacial score (nSPS) is 14.7. The van der Waals surface area contributed by atoms with Crippen LogP contribution in [0.5, 0.6) is 0 Å². The molecule has 7 N–H and O–H groups in total. The van der Waals surface area contributed by atoms with Gasteiger partial charge in [-0.05, 0) is 0 Å². The molecule has 1 rings (SSSR count). The number of aliphatic hydroxyl groups is 6. The van der Waals surface area contributed by atoms with Crippen molar-refractivity contribution in [3.8, 4) is 0 Å². The molecule has 1 fully saturated rings. The maximum atomic E-state index is 8.28. The molecule has 0 spiro atoms. The van der Waals surface area contributed by atoms with Crippen molar-refractivity contribution in [2.75, 3.05) is 50.7 Å². The van der Waals surface area contributed by atoms with Gasteiger partial charge in [0, 0.05) is 43.1 Å². The fourth-order valence-electron chi connectivity index (χ4n) is 0.312. The summed E-state index contributed by atoms with van der Waals surface area (Å²) in [6.07, 6.45) is -1.30. The summed E-state index contributed by atoms with van der Waals surface area (Å²) >= 11 is 25.0. The summed E-state index contributed by atoms with van der Waals surface area (Å²) in [6, 6.07) is 0. The van der Waals surface area contributed by atoms with Crippen LogP contribution in [0.2, 0.25) is 0 Å². The van der Waals surface area contributed by atoms with Crippen LogP contribution in [0.25, 0.3) is 0 Å². The van der Waals surface area contributed by atoms with E-state index in [1.165, 1.54) is 0 Å². The summed E-state index contributed by atoms with van der Waals surface area (Å²) in [6.45, 7) is -0.134. The second-order valence-electron chi connectivity index (χ2n) is 4.05. The molecule has 1 aliphatic heterocycles. The van der Waals surface area contributed by atoms with Crippen LogP contribution >= 0.6 is 108 Å². The van der Waals surface area contributed by atoms with Gasteiger partial charge in [0.1, 0.15) is 6.10 Å². The number of hydrogen-bond acceptors (Lipinski definition) is 8. The van der Waals surface area contributed by atoms with Crippen LogP contribution in [0, 0.1) is 0 Å². The van der Waals surface area contributed by atoms with Gasteiger partial charge in [-0.15, -0.1) is 70.4 Å². The fourth-order valence-corrected chi connectivity index (χ4v) is 0.686. The number of rotatable bonds is 7. The minimum atomic E-state index is -0.954. The molecule has 174 valence electrons. The van der Waals surface area contributed by atoms with Crippen LogP contribution in [0.15, 0.2) is 0 Å². The predicted molar refractivity (Wildman–Crippen MR) is 137 cm³/mol. The van der Waals surface area contributed by atoms with Crippen molar-refractivity contribution >= 4 is 108 Å². The molecule has 0 bridgehead atoms. The Bertz CT molecular complexity index is 200. The van der Waals surface area contributed by atoms with E-state index in [1.54, 1.807) is 0 Å². The van der Waals surface area contributed by atoms with Gasteiger partial charge in [-0.3, -0.25) is 0 Å². The van der Waals surface area contributed by atoms with Crippen LogP contribution < -0.4 is 29.6 Å². The molecule has 0 amide bonds. The van der Waals surface area contributed by atoms with Gasteiger partial charge >= 0.3 is 29.6 Å². The van der Waals surface area contributed by atoms with Gasteiger partial charge in [-0.25, -0.2) is 0 Å². The molecule has 0 aromatic rings. The minimum absolute atomic E-state index is 0. The van der Waals surface area contributed by atoms with E-state index in [0.29, 0.717) is 17.9 Å². The Kier molecular flexibility index (Phi) is 78.5. The minimum Gasteiger partial charge on any atom is -0.870 e. The largest absolute Gasteiger partial charge is 1.00 e. The molecule has 28 heavy (non-hydrogen) atoms. The molecule has 0 aromatic carbocycles. The quantitative estimate of drug-likeness (QED) is 0.0788. The molecule has 0 aromatic heterocycles. The molecule has 1 heterocycles. The molecule has 1 aliphatic rings. The second-order valence-corrected chi connectivity index (χ2v) is 5.60. The van der Waals surface area contributed by atoms with E-state index in [1.807, 2.05) is 0 Å². The predicted octanol–water partition coefficient (Wildman–Crippen LogP) is -1.42. The summed E-state index contributed by atoms with van der Waals surface area (Å²) in [5, 5.41) is 48.1. The summed E-state index contributed by atoms with van der Waals surface area (Å²) in [4.78, 5) is 0. The van der Waals surface area contributed by atoms with E-state index >= 15 is 0 Å². The molecule has 0 radical (unpaired) electrons. The SMILES string of the molecule is ClCC1CO1.I.II.OCC(Cl)CCl.OCC(O)CCl.OCC(O)CO.[Na+].[OH-]. The average Bonchev–Trinajstić information content (AvgIpc) is 3.53. The third-order valence-corrected chi connectivity index (χ3v) is 3.27. The van der Waals surface area contributed by atoms with Crippen molar-refractivity contribution in [3.05, 3.63) is 0 Å². The monoisotopic (exact) mass is 844 g/mol. The van der Waals surface area contributed by atoms with Crippen molar-refractivity contribution < 1.29 is 70.4 Å². The molecular weight excluding hydrogens is 818 g/mol. The van der Waals surface area contributed by atoms with Gasteiger partial charge < -0.3 is 40.9 Å². The summed E-state index contributed by atoms with van der Waals surface area (Å²) in [7, 11) is 0. The van der Waals surface area contributed by atoms with Crippen LogP contribution in [0.4, 0.5) is 0 Å². The van der Waals surface area contributed by atoms with Gasteiger partial charge in [0.2, 0.25) is 0 Å². The Morgan fingerprint density at radius 3 is 1.21 bits per heavy atom. The van der Waals surface area contributed by atoms with Crippen LogP contribution in [0.3, 0.4) is 0 Å². The number of alkyl halides is 4. The van der Waals surface area contributed by atoms with Crippen LogP contribution in [-0.4, -0.2) is 110 Å². The molecular formula is C12H28Cl4I3NaO8. The summed E-state index contributed by atoms with van der Waals surface area (Å²) in [5.41, 5.74) is 0. The molecule has 8 nitrogen and oxygen atoms in total. The number of epoxide rings is 1. The maximum Gasteiger partial charge on any atom is 1.00 e. The van der Waals surface area contributed by atoms with Crippen molar-refractivity contribution in [3.63, 3.8) is 0 Å². The van der Waals surface area contributed by atoms with E-state index in [2.05, 4.69) is 37.2 Å². The van der Waals surface area contributed by atoms with Crippen molar-refractivity contribution in [1.82, 2.24) is 0 Å². The van der Waals surface area contributed by atoms with Gasteiger partial charge in [0.25, 0.3) is 0 Å². The zero-order chi connectivity index (χ0) is 20.7. The van der Waals surface area contributed by atoms with Crippen molar-refractivity contribution in [2.24, 2.45) is 0 Å². The molecule has 1 saturated heterocycles. The van der Waals surface area contributed by atoms with Gasteiger partial charge in [0.15, 0.2) is 0 Å². The Balaban J connectivity index is -0.0000000394. The second kappa shape index (κ2) is 44.7. The third-order valence-electron chi connectivity index (χ3n) is 1.75. The zero-order valence-electron chi connectivity index (χ0n) is 15.2. The maximum absolute atomic E-state index is 8.28. The molecule has 16 heteroatoms. The molecule has 3 unspecified atom stereocenters. The number of ether oxygens (including phenoxy) is 1. The Labute approximate surface area is 248 Å². The third kappa shape index (κ3) is 57.2. The first kappa shape index (κ1) is 49.2. The van der Waals surface area contributed by atoms with E-state index < -0.39 is 12.2 Å². The first-order valence-electron chi connectivity index (χ1n) is 6.73. The number of hydrogen-bond donors (Lipinski definition) is 6. The standard InChI is InChI=1S/C3H6Cl2O.C3H7ClO2.C3H5ClO.C3H8O3.I2.HI.Na.H2O/c4-1-3(5)2-6;4-1-3(6)2-5;4-1-3-2-5-3;4-1-3(6)2-5;1-2;;;/h3,6H,1-2H2;3,5-6H,1-2H2;3H,1-2H2;3-6H,1-2H2;;1H;;1H2/q;;;;;;+1;/p-1. The van der Waals surface area contributed by atoms with Gasteiger partial charge in [0.05, 0.1) is 62.4 Å². The average molecular weight is 846 g/mol. The van der Waals surface area contributed by atoms with Crippen LogP contribution in [-0.2, 0) is 4.74 Å². The van der Waals surface area contributed by atoms with Crippen molar-refractivity contribution in [2.45, 2.75) is 23.7 Å². The molecule has 0 saturated carbocycles. The summed E-state index contributed by atoms with van der Waals surface area (Å²) in [5.74, 6) is 1.09. The Morgan fingerprint density at radius 1 is 0.857 bits per heavy atom.